The molecule has 0 aliphatic carbocycles. The second-order valence-corrected chi connectivity index (χ2v) is 5.17. The molecule has 0 aromatic carbocycles. The van der Waals surface area contributed by atoms with E-state index >= 15 is 0 Å². The van der Waals surface area contributed by atoms with Gasteiger partial charge in [-0.05, 0) is 63.8 Å². The Balaban J connectivity index is 1.81. The van der Waals surface area contributed by atoms with Crippen LogP contribution >= 0.6 is 0 Å². The molecule has 2 heterocycles. The molecule has 1 aliphatic heterocycles. The van der Waals surface area contributed by atoms with Crippen LogP contribution in [0.1, 0.15) is 49.4 Å². The fourth-order valence-electron chi connectivity index (χ4n) is 2.61. The van der Waals surface area contributed by atoms with Gasteiger partial charge in [0.25, 0.3) is 0 Å². The molecule has 0 radical (unpaired) electrons. The van der Waals surface area contributed by atoms with Gasteiger partial charge in [-0.25, -0.2) is 0 Å². The van der Waals surface area contributed by atoms with Crippen molar-refractivity contribution in [1.82, 2.24) is 10.3 Å². The highest BCUT2D eigenvalue weighted by Gasteiger charge is 2.16. The number of ether oxygens (including phenoxy) is 1. The SMILES string of the molecule is CNC(CCCC1CCCO1)c1cc(C)ccn1. The first-order valence-corrected chi connectivity index (χ1v) is 7.01. The molecule has 0 amide bonds. The third-order valence-electron chi connectivity index (χ3n) is 3.68. The third-order valence-corrected chi connectivity index (χ3v) is 3.68. The second-order valence-electron chi connectivity index (χ2n) is 5.17. The van der Waals surface area contributed by atoms with Crippen LogP contribution in [0, 0.1) is 6.92 Å². The highest BCUT2D eigenvalue weighted by molar-refractivity contribution is 5.17. The number of pyridine rings is 1. The molecule has 1 N–H and O–H groups in total. The Bertz CT molecular complexity index is 361. The van der Waals surface area contributed by atoms with Crippen LogP contribution in [0.2, 0.25) is 0 Å². The van der Waals surface area contributed by atoms with E-state index in [1.165, 1.54) is 31.2 Å². The van der Waals surface area contributed by atoms with Gasteiger partial charge in [-0.15, -0.1) is 0 Å². The van der Waals surface area contributed by atoms with Crippen molar-refractivity contribution in [3.05, 3.63) is 29.6 Å². The lowest BCUT2D eigenvalue weighted by Crippen LogP contribution is -2.18. The molecule has 18 heavy (non-hydrogen) atoms. The first-order valence-electron chi connectivity index (χ1n) is 7.01. The summed E-state index contributed by atoms with van der Waals surface area (Å²) in [4.78, 5) is 4.47. The van der Waals surface area contributed by atoms with Gasteiger partial charge in [0.1, 0.15) is 0 Å². The Morgan fingerprint density at radius 2 is 2.44 bits per heavy atom. The molecule has 1 aliphatic rings. The zero-order valence-electron chi connectivity index (χ0n) is 11.5. The minimum absolute atomic E-state index is 0.367. The van der Waals surface area contributed by atoms with Crippen molar-refractivity contribution in [3.63, 3.8) is 0 Å². The molecule has 1 aromatic heterocycles. The molecule has 1 fully saturated rings. The van der Waals surface area contributed by atoms with Crippen LogP contribution in [-0.4, -0.2) is 24.7 Å². The fourth-order valence-corrected chi connectivity index (χ4v) is 2.61. The molecule has 2 unspecified atom stereocenters. The number of nitrogens with one attached hydrogen (secondary N) is 1. The maximum atomic E-state index is 5.66. The molecule has 0 bridgehead atoms. The van der Waals surface area contributed by atoms with Gasteiger partial charge in [0, 0.05) is 18.8 Å². The number of hydrogen-bond donors (Lipinski definition) is 1. The molecule has 0 saturated carbocycles. The largest absolute Gasteiger partial charge is 0.378 e. The first-order chi connectivity index (χ1) is 8.79. The summed E-state index contributed by atoms with van der Waals surface area (Å²) in [6, 6.07) is 4.59. The van der Waals surface area contributed by atoms with Gasteiger partial charge in [0.05, 0.1) is 11.8 Å². The lowest BCUT2D eigenvalue weighted by Gasteiger charge is -2.17. The lowest BCUT2D eigenvalue weighted by molar-refractivity contribution is 0.101. The van der Waals surface area contributed by atoms with Crippen molar-refractivity contribution in [2.24, 2.45) is 0 Å². The maximum Gasteiger partial charge on any atom is 0.0576 e. The topological polar surface area (TPSA) is 34.1 Å². The fraction of sp³-hybridized carbons (Fsp3) is 0.667. The highest BCUT2D eigenvalue weighted by atomic mass is 16.5. The number of nitrogens with zero attached hydrogens (tertiary/aromatic N) is 1. The van der Waals surface area contributed by atoms with Gasteiger partial charge in [-0.1, -0.05) is 0 Å². The summed E-state index contributed by atoms with van der Waals surface area (Å²) in [5.74, 6) is 0. The predicted octanol–water partition coefficient (Wildman–Crippen LogP) is 3.00. The van der Waals surface area contributed by atoms with Gasteiger partial charge in [-0.2, -0.15) is 0 Å². The van der Waals surface area contributed by atoms with Crippen molar-refractivity contribution in [1.29, 1.82) is 0 Å². The lowest BCUT2D eigenvalue weighted by atomic mass is 10.0. The van der Waals surface area contributed by atoms with Crippen LogP contribution in [0.3, 0.4) is 0 Å². The second kappa shape index (κ2) is 6.86. The number of aromatic nitrogens is 1. The van der Waals surface area contributed by atoms with Gasteiger partial charge < -0.3 is 10.1 Å². The van der Waals surface area contributed by atoms with Gasteiger partial charge in [-0.3, -0.25) is 4.98 Å². The van der Waals surface area contributed by atoms with Gasteiger partial charge in [0.15, 0.2) is 0 Å². The Morgan fingerprint density at radius 3 is 3.11 bits per heavy atom. The van der Waals surface area contributed by atoms with E-state index in [0.29, 0.717) is 12.1 Å². The van der Waals surface area contributed by atoms with Gasteiger partial charge >= 0.3 is 0 Å². The monoisotopic (exact) mass is 248 g/mol. The molecular weight excluding hydrogens is 224 g/mol. The zero-order valence-corrected chi connectivity index (χ0v) is 11.5. The molecule has 3 nitrogen and oxygen atoms in total. The maximum absolute atomic E-state index is 5.66. The summed E-state index contributed by atoms with van der Waals surface area (Å²) in [5, 5.41) is 3.37. The third kappa shape index (κ3) is 3.79. The smallest absolute Gasteiger partial charge is 0.0576 e. The Hall–Kier alpha value is -0.930. The minimum Gasteiger partial charge on any atom is -0.378 e. The van der Waals surface area contributed by atoms with E-state index in [-0.39, 0.29) is 0 Å². The Labute approximate surface area is 110 Å². The predicted molar refractivity (Wildman–Crippen MR) is 73.6 cm³/mol. The van der Waals surface area contributed by atoms with Crippen LogP contribution < -0.4 is 5.32 Å². The summed E-state index contributed by atoms with van der Waals surface area (Å²) in [7, 11) is 2.01. The standard InChI is InChI=1S/C15H24N2O/c1-12-8-9-17-15(11-12)14(16-2)7-3-5-13-6-4-10-18-13/h8-9,11,13-14,16H,3-7,10H2,1-2H3. The van der Waals surface area contributed by atoms with Gasteiger partial charge in [0.2, 0.25) is 0 Å². The van der Waals surface area contributed by atoms with Crippen molar-refractivity contribution < 1.29 is 4.74 Å². The summed E-state index contributed by atoms with van der Waals surface area (Å²) in [6.07, 6.45) is 8.40. The zero-order chi connectivity index (χ0) is 12.8. The van der Waals surface area contributed by atoms with E-state index in [9.17, 15) is 0 Å². The Morgan fingerprint density at radius 1 is 1.56 bits per heavy atom. The molecule has 100 valence electrons. The van der Waals surface area contributed by atoms with E-state index in [2.05, 4.69) is 23.3 Å². The summed E-state index contributed by atoms with van der Waals surface area (Å²) in [5.41, 5.74) is 2.43. The van der Waals surface area contributed by atoms with Crippen LogP contribution in [0.25, 0.3) is 0 Å². The van der Waals surface area contributed by atoms with E-state index in [4.69, 9.17) is 4.74 Å². The molecule has 2 rings (SSSR count). The van der Waals surface area contributed by atoms with E-state index in [1.54, 1.807) is 0 Å². The first kappa shape index (κ1) is 13.5. The van der Waals surface area contributed by atoms with Crippen LogP contribution in [0.5, 0.6) is 0 Å². The van der Waals surface area contributed by atoms with E-state index in [1.807, 2.05) is 19.3 Å². The normalized spacial score (nSPS) is 21.1. The van der Waals surface area contributed by atoms with Crippen molar-refractivity contribution in [2.45, 2.75) is 51.2 Å². The molecule has 1 aromatic rings. The number of rotatable bonds is 6. The molecule has 3 heteroatoms. The average molecular weight is 248 g/mol. The molecule has 1 saturated heterocycles. The van der Waals surface area contributed by atoms with Crippen molar-refractivity contribution >= 4 is 0 Å². The van der Waals surface area contributed by atoms with Crippen LogP contribution in [0.15, 0.2) is 18.3 Å². The van der Waals surface area contributed by atoms with E-state index in [0.717, 1.165) is 18.7 Å². The van der Waals surface area contributed by atoms with Crippen LogP contribution in [-0.2, 0) is 4.74 Å². The molecule has 2 atom stereocenters. The molecular formula is C15H24N2O. The molecule has 0 spiro atoms. The number of hydrogen-bond acceptors (Lipinski definition) is 3. The quantitative estimate of drug-likeness (QED) is 0.840. The van der Waals surface area contributed by atoms with Crippen molar-refractivity contribution in [3.8, 4) is 0 Å². The Kier molecular flexibility index (Phi) is 5.14. The van der Waals surface area contributed by atoms with Crippen LogP contribution in [0.4, 0.5) is 0 Å². The van der Waals surface area contributed by atoms with E-state index < -0.39 is 0 Å². The van der Waals surface area contributed by atoms with Crippen molar-refractivity contribution in [2.75, 3.05) is 13.7 Å². The summed E-state index contributed by atoms with van der Waals surface area (Å²) in [6.45, 7) is 3.07. The number of aryl methyl sites for hydroxylation is 1. The minimum atomic E-state index is 0.367. The summed E-state index contributed by atoms with van der Waals surface area (Å²) >= 11 is 0. The highest BCUT2D eigenvalue weighted by Crippen LogP contribution is 2.22. The average Bonchev–Trinajstić information content (AvgIpc) is 2.88. The summed E-state index contributed by atoms with van der Waals surface area (Å²) < 4.78 is 5.66.